The lowest BCUT2D eigenvalue weighted by atomic mass is 10.2. The lowest BCUT2D eigenvalue weighted by Crippen LogP contribution is -2.08. The number of aromatic nitrogens is 3. The first kappa shape index (κ1) is 15.8. The number of anilines is 1. The van der Waals surface area contributed by atoms with Gasteiger partial charge in [-0.15, -0.1) is 0 Å². The van der Waals surface area contributed by atoms with Crippen LogP contribution in [0, 0.1) is 0 Å². The Morgan fingerprint density at radius 2 is 2.13 bits per heavy atom. The van der Waals surface area contributed by atoms with Gasteiger partial charge in [0.05, 0.1) is 5.52 Å². The van der Waals surface area contributed by atoms with Crippen molar-refractivity contribution in [2.24, 2.45) is 0 Å². The fraction of sp³-hybridized carbons (Fsp3) is 0.235. The number of nitrogens with one attached hydrogen (secondary N) is 1. The second kappa shape index (κ2) is 7.48. The van der Waals surface area contributed by atoms with Crippen molar-refractivity contribution in [3.05, 3.63) is 47.2 Å². The maximum atomic E-state index is 5.09. The molecule has 0 unspecified atom stereocenters. The van der Waals surface area contributed by atoms with Gasteiger partial charge in [-0.2, -0.15) is 0 Å². The van der Waals surface area contributed by atoms with Gasteiger partial charge in [0.1, 0.15) is 5.82 Å². The Labute approximate surface area is 143 Å². The van der Waals surface area contributed by atoms with Crippen LogP contribution in [0.25, 0.3) is 22.3 Å². The average Bonchev–Trinajstić information content (AvgIpc) is 2.59. The standard InChI is InChI=1S/C17H17BrN4O/c1-23-9-3-8-20-17-14-10-13(18)5-6-15(14)21-16(22-17)12-4-2-7-19-11-12/h2,4-7,10-11H,3,8-9H2,1H3,(H,20,21,22). The van der Waals surface area contributed by atoms with E-state index in [1.807, 2.05) is 30.3 Å². The van der Waals surface area contributed by atoms with Gasteiger partial charge in [0, 0.05) is 48.1 Å². The molecule has 0 fully saturated rings. The number of ether oxygens (including phenoxy) is 1. The predicted molar refractivity (Wildman–Crippen MR) is 95.5 cm³/mol. The van der Waals surface area contributed by atoms with Crippen molar-refractivity contribution in [1.29, 1.82) is 0 Å². The van der Waals surface area contributed by atoms with Crippen molar-refractivity contribution in [3.63, 3.8) is 0 Å². The summed E-state index contributed by atoms with van der Waals surface area (Å²) < 4.78 is 6.09. The third kappa shape index (κ3) is 3.83. The summed E-state index contributed by atoms with van der Waals surface area (Å²) in [5.41, 5.74) is 1.80. The highest BCUT2D eigenvalue weighted by Gasteiger charge is 2.10. The number of halogens is 1. The Kier molecular flexibility index (Phi) is 5.15. The molecular formula is C17H17BrN4O. The zero-order chi connectivity index (χ0) is 16.1. The van der Waals surface area contributed by atoms with Crippen molar-refractivity contribution in [2.75, 3.05) is 25.6 Å². The molecule has 0 saturated carbocycles. The maximum Gasteiger partial charge on any atom is 0.163 e. The molecule has 0 aliphatic rings. The van der Waals surface area contributed by atoms with Crippen molar-refractivity contribution in [3.8, 4) is 11.4 Å². The number of pyridine rings is 1. The summed E-state index contributed by atoms with van der Waals surface area (Å²) in [7, 11) is 1.71. The quantitative estimate of drug-likeness (QED) is 0.664. The Morgan fingerprint density at radius 1 is 1.22 bits per heavy atom. The molecule has 3 rings (SSSR count). The molecule has 0 aliphatic heterocycles. The van der Waals surface area contributed by atoms with Crippen LogP contribution >= 0.6 is 15.9 Å². The summed E-state index contributed by atoms with van der Waals surface area (Å²) in [4.78, 5) is 13.5. The second-order valence-corrected chi connectivity index (χ2v) is 5.99. The minimum absolute atomic E-state index is 0.669. The Hall–Kier alpha value is -2.05. The summed E-state index contributed by atoms with van der Waals surface area (Å²) >= 11 is 3.51. The van der Waals surface area contributed by atoms with Crippen LogP contribution in [-0.4, -0.2) is 35.2 Å². The van der Waals surface area contributed by atoms with Gasteiger partial charge in [-0.25, -0.2) is 9.97 Å². The third-order valence-electron chi connectivity index (χ3n) is 3.40. The van der Waals surface area contributed by atoms with Gasteiger partial charge in [0.2, 0.25) is 0 Å². The van der Waals surface area contributed by atoms with E-state index in [0.717, 1.165) is 46.3 Å². The largest absolute Gasteiger partial charge is 0.385 e. The van der Waals surface area contributed by atoms with E-state index < -0.39 is 0 Å². The van der Waals surface area contributed by atoms with Crippen LogP contribution in [0.3, 0.4) is 0 Å². The van der Waals surface area contributed by atoms with Gasteiger partial charge >= 0.3 is 0 Å². The summed E-state index contributed by atoms with van der Waals surface area (Å²) in [5.74, 6) is 1.49. The zero-order valence-corrected chi connectivity index (χ0v) is 14.4. The van der Waals surface area contributed by atoms with E-state index in [4.69, 9.17) is 4.74 Å². The number of methoxy groups -OCH3 is 1. The predicted octanol–water partition coefficient (Wildman–Crippen LogP) is 3.90. The van der Waals surface area contributed by atoms with Crippen molar-refractivity contribution in [1.82, 2.24) is 15.0 Å². The summed E-state index contributed by atoms with van der Waals surface area (Å²) in [6.07, 6.45) is 4.43. The van der Waals surface area contributed by atoms with Gasteiger partial charge in [-0.1, -0.05) is 15.9 Å². The van der Waals surface area contributed by atoms with E-state index in [2.05, 4.69) is 36.2 Å². The topological polar surface area (TPSA) is 59.9 Å². The molecule has 1 N–H and O–H groups in total. The first-order valence-electron chi connectivity index (χ1n) is 7.38. The van der Waals surface area contributed by atoms with Crippen LogP contribution in [-0.2, 0) is 4.74 Å². The van der Waals surface area contributed by atoms with Gasteiger partial charge < -0.3 is 10.1 Å². The van der Waals surface area contributed by atoms with E-state index in [0.29, 0.717) is 5.82 Å². The number of fused-ring (bicyclic) bond motifs is 1. The number of hydrogen-bond donors (Lipinski definition) is 1. The number of hydrogen-bond acceptors (Lipinski definition) is 5. The molecule has 1 aromatic carbocycles. The fourth-order valence-electron chi connectivity index (χ4n) is 2.28. The van der Waals surface area contributed by atoms with E-state index in [1.54, 1.807) is 19.5 Å². The zero-order valence-electron chi connectivity index (χ0n) is 12.8. The Balaban J connectivity index is 2.01. The highest BCUT2D eigenvalue weighted by Crippen LogP contribution is 2.27. The van der Waals surface area contributed by atoms with Gasteiger partial charge in [-0.3, -0.25) is 4.98 Å². The summed E-state index contributed by atoms with van der Waals surface area (Å²) in [6.45, 7) is 1.51. The van der Waals surface area contributed by atoms with Crippen molar-refractivity contribution in [2.45, 2.75) is 6.42 Å². The van der Waals surface area contributed by atoms with E-state index in [-0.39, 0.29) is 0 Å². The molecule has 0 aliphatic carbocycles. The number of benzene rings is 1. The molecule has 0 spiro atoms. The van der Waals surface area contributed by atoms with E-state index in [1.165, 1.54) is 0 Å². The number of rotatable bonds is 6. The van der Waals surface area contributed by atoms with Gasteiger partial charge in [0.25, 0.3) is 0 Å². The van der Waals surface area contributed by atoms with Crippen LogP contribution in [0.1, 0.15) is 6.42 Å². The lowest BCUT2D eigenvalue weighted by Gasteiger charge is -2.11. The highest BCUT2D eigenvalue weighted by molar-refractivity contribution is 9.10. The van der Waals surface area contributed by atoms with Gasteiger partial charge in [-0.05, 0) is 36.8 Å². The summed E-state index contributed by atoms with van der Waals surface area (Å²) in [6, 6.07) is 9.84. The van der Waals surface area contributed by atoms with Crippen LogP contribution in [0.4, 0.5) is 5.82 Å². The minimum atomic E-state index is 0.669. The van der Waals surface area contributed by atoms with Crippen LogP contribution in [0.2, 0.25) is 0 Å². The molecule has 0 radical (unpaired) electrons. The van der Waals surface area contributed by atoms with Gasteiger partial charge in [0.15, 0.2) is 5.82 Å². The fourth-order valence-corrected chi connectivity index (χ4v) is 2.64. The van der Waals surface area contributed by atoms with E-state index >= 15 is 0 Å². The molecule has 3 aromatic rings. The maximum absolute atomic E-state index is 5.09. The molecule has 0 saturated heterocycles. The lowest BCUT2D eigenvalue weighted by molar-refractivity contribution is 0.198. The normalized spacial score (nSPS) is 10.9. The monoisotopic (exact) mass is 372 g/mol. The molecule has 0 atom stereocenters. The Bertz CT molecular complexity index is 795. The number of nitrogens with zero attached hydrogens (tertiary/aromatic N) is 3. The van der Waals surface area contributed by atoms with E-state index in [9.17, 15) is 0 Å². The third-order valence-corrected chi connectivity index (χ3v) is 3.89. The highest BCUT2D eigenvalue weighted by atomic mass is 79.9. The van der Waals surface area contributed by atoms with Crippen LogP contribution in [0.5, 0.6) is 0 Å². The minimum Gasteiger partial charge on any atom is -0.385 e. The first-order valence-corrected chi connectivity index (χ1v) is 8.18. The molecule has 6 heteroatoms. The molecule has 5 nitrogen and oxygen atoms in total. The molecule has 118 valence electrons. The first-order chi connectivity index (χ1) is 11.3. The molecule has 23 heavy (non-hydrogen) atoms. The molecule has 0 bridgehead atoms. The second-order valence-electron chi connectivity index (χ2n) is 5.07. The SMILES string of the molecule is COCCCNc1nc(-c2cccnc2)nc2ccc(Br)cc12. The Morgan fingerprint density at radius 3 is 2.91 bits per heavy atom. The van der Waals surface area contributed by atoms with Crippen LogP contribution < -0.4 is 5.32 Å². The van der Waals surface area contributed by atoms with Crippen LogP contribution in [0.15, 0.2) is 47.2 Å². The van der Waals surface area contributed by atoms with Crippen molar-refractivity contribution < 1.29 is 4.74 Å². The molecular weight excluding hydrogens is 356 g/mol. The average molecular weight is 373 g/mol. The van der Waals surface area contributed by atoms with Crippen molar-refractivity contribution >= 4 is 32.7 Å². The smallest absolute Gasteiger partial charge is 0.163 e. The molecule has 2 aromatic heterocycles. The molecule has 0 amide bonds. The molecule has 2 heterocycles. The summed E-state index contributed by atoms with van der Waals surface area (Å²) in [5, 5.41) is 4.38.